The lowest BCUT2D eigenvalue weighted by Crippen LogP contribution is -2.55. The van der Waals surface area contributed by atoms with Crippen LogP contribution in [-0.4, -0.2) is 11.9 Å². The van der Waals surface area contributed by atoms with Crippen molar-refractivity contribution in [1.29, 1.82) is 0 Å². The lowest BCUT2D eigenvalue weighted by atomic mass is 9.54. The van der Waals surface area contributed by atoms with Crippen molar-refractivity contribution in [1.82, 2.24) is 5.32 Å². The molecule has 4 fully saturated rings. The van der Waals surface area contributed by atoms with Crippen LogP contribution >= 0.6 is 0 Å². The van der Waals surface area contributed by atoms with E-state index in [1.165, 1.54) is 44.2 Å². The van der Waals surface area contributed by atoms with Gasteiger partial charge < -0.3 is 14.5 Å². The van der Waals surface area contributed by atoms with Crippen molar-refractivity contribution in [3.8, 4) is 5.75 Å². The van der Waals surface area contributed by atoms with Gasteiger partial charge in [0, 0.05) is 6.04 Å². The molecule has 5 heteroatoms. The second-order valence-corrected chi connectivity index (χ2v) is 8.44. The topological polar surface area (TPSA) is 51.5 Å². The van der Waals surface area contributed by atoms with E-state index in [0.29, 0.717) is 35.1 Å². The number of benzene rings is 1. The van der Waals surface area contributed by atoms with E-state index in [4.69, 9.17) is 9.15 Å². The summed E-state index contributed by atoms with van der Waals surface area (Å²) < 4.78 is 24.2. The summed E-state index contributed by atoms with van der Waals surface area (Å²) in [7, 11) is 0. The summed E-state index contributed by atoms with van der Waals surface area (Å²) in [4.78, 5) is 12.7. The summed E-state index contributed by atoms with van der Waals surface area (Å²) >= 11 is 0. The minimum Gasteiger partial charge on any atom is -0.486 e. The molecule has 4 nitrogen and oxygen atoms in total. The van der Waals surface area contributed by atoms with Crippen molar-refractivity contribution in [3.05, 3.63) is 53.7 Å². The van der Waals surface area contributed by atoms with Gasteiger partial charge in [0.1, 0.15) is 23.9 Å². The largest absolute Gasteiger partial charge is 0.486 e. The number of carbonyl (C=O) groups is 1. The second kappa shape index (κ2) is 6.70. The molecular weight excluding hydrogens is 345 g/mol. The first kappa shape index (κ1) is 16.8. The maximum atomic E-state index is 12.9. The molecule has 1 aromatic heterocycles. The number of hydrogen-bond donors (Lipinski definition) is 1. The van der Waals surface area contributed by atoms with E-state index >= 15 is 0 Å². The van der Waals surface area contributed by atoms with Gasteiger partial charge in [0.15, 0.2) is 5.76 Å². The van der Waals surface area contributed by atoms with Gasteiger partial charge in [-0.05, 0) is 92.2 Å². The molecule has 1 N–H and O–H groups in total. The van der Waals surface area contributed by atoms with Crippen molar-refractivity contribution in [2.24, 2.45) is 23.7 Å². The Morgan fingerprint density at radius 2 is 1.67 bits per heavy atom. The molecule has 1 heterocycles. The van der Waals surface area contributed by atoms with E-state index in [0.717, 1.165) is 11.8 Å². The summed E-state index contributed by atoms with van der Waals surface area (Å²) in [5.74, 6) is 4.11. The molecule has 0 radical (unpaired) electrons. The Morgan fingerprint density at radius 1 is 1.00 bits per heavy atom. The monoisotopic (exact) mass is 369 g/mol. The summed E-state index contributed by atoms with van der Waals surface area (Å²) in [5, 5.41) is 3.26. The highest BCUT2D eigenvalue weighted by atomic mass is 19.1. The number of furan rings is 1. The number of amides is 1. The molecule has 27 heavy (non-hydrogen) atoms. The van der Waals surface area contributed by atoms with Crippen LogP contribution in [0.2, 0.25) is 0 Å². The number of halogens is 1. The van der Waals surface area contributed by atoms with Gasteiger partial charge in [0.25, 0.3) is 5.91 Å². The Morgan fingerprint density at radius 3 is 2.33 bits per heavy atom. The maximum absolute atomic E-state index is 12.9. The lowest BCUT2D eigenvalue weighted by molar-refractivity contribution is -0.0123. The Kier molecular flexibility index (Phi) is 4.18. The third-order valence-electron chi connectivity index (χ3n) is 6.60. The van der Waals surface area contributed by atoms with Crippen molar-refractivity contribution >= 4 is 5.91 Å². The first-order valence-electron chi connectivity index (χ1n) is 9.92. The number of nitrogens with one attached hydrogen (secondary N) is 1. The third kappa shape index (κ3) is 3.35. The fourth-order valence-electron chi connectivity index (χ4n) is 5.65. The van der Waals surface area contributed by atoms with Crippen LogP contribution in [0.4, 0.5) is 4.39 Å². The number of rotatable bonds is 5. The van der Waals surface area contributed by atoms with Crippen LogP contribution < -0.4 is 10.1 Å². The van der Waals surface area contributed by atoms with Crippen molar-refractivity contribution in [2.45, 2.75) is 44.8 Å². The molecule has 4 saturated carbocycles. The van der Waals surface area contributed by atoms with Gasteiger partial charge in [-0.15, -0.1) is 0 Å². The van der Waals surface area contributed by atoms with Gasteiger partial charge in [0.05, 0.1) is 0 Å². The molecule has 4 bridgehead atoms. The highest BCUT2D eigenvalue weighted by molar-refractivity contribution is 5.91. The SMILES string of the molecule is O=C(NC1C2CC3CC(C2)CC1C3)c1ccc(COc2ccc(F)cc2)o1. The van der Waals surface area contributed by atoms with Crippen molar-refractivity contribution in [2.75, 3.05) is 0 Å². The molecule has 0 aliphatic heterocycles. The highest BCUT2D eigenvalue weighted by Crippen LogP contribution is 2.53. The average Bonchev–Trinajstić information content (AvgIpc) is 3.13. The van der Waals surface area contributed by atoms with E-state index < -0.39 is 0 Å². The maximum Gasteiger partial charge on any atom is 0.287 e. The molecule has 0 saturated heterocycles. The fourth-order valence-corrected chi connectivity index (χ4v) is 5.65. The highest BCUT2D eigenvalue weighted by Gasteiger charge is 2.48. The Hall–Kier alpha value is -2.30. The molecule has 0 spiro atoms. The fraction of sp³-hybridized carbons (Fsp3) is 0.500. The van der Waals surface area contributed by atoms with Crippen LogP contribution in [0.3, 0.4) is 0 Å². The van der Waals surface area contributed by atoms with Crippen LogP contribution in [-0.2, 0) is 6.61 Å². The molecule has 4 aliphatic carbocycles. The van der Waals surface area contributed by atoms with Gasteiger partial charge >= 0.3 is 0 Å². The molecular formula is C22H24FNO3. The van der Waals surface area contributed by atoms with Crippen LogP contribution in [0.1, 0.15) is 48.4 Å². The minimum absolute atomic E-state index is 0.125. The van der Waals surface area contributed by atoms with Gasteiger partial charge in [-0.3, -0.25) is 4.79 Å². The van der Waals surface area contributed by atoms with Crippen LogP contribution in [0.15, 0.2) is 40.8 Å². The zero-order valence-corrected chi connectivity index (χ0v) is 15.2. The quantitative estimate of drug-likeness (QED) is 0.841. The molecule has 0 unspecified atom stereocenters. The standard InChI is InChI=1S/C22H24FNO3/c23-17-1-3-18(4-2-17)26-12-19-5-6-20(27-19)22(25)24-21-15-8-13-7-14(10-15)11-16(21)9-13/h1-6,13-16,21H,7-12H2,(H,24,25). The normalized spacial score (nSPS) is 31.1. The molecule has 0 atom stereocenters. The predicted octanol–water partition coefficient (Wildman–Crippen LogP) is 4.55. The first-order valence-corrected chi connectivity index (χ1v) is 9.92. The van der Waals surface area contributed by atoms with E-state index in [2.05, 4.69) is 5.32 Å². The van der Waals surface area contributed by atoms with Crippen LogP contribution in [0, 0.1) is 29.5 Å². The molecule has 1 amide bonds. The van der Waals surface area contributed by atoms with Gasteiger partial charge in [-0.25, -0.2) is 4.39 Å². The summed E-state index contributed by atoms with van der Waals surface area (Å²) in [6.07, 6.45) is 6.49. The van der Waals surface area contributed by atoms with Crippen LogP contribution in [0.5, 0.6) is 5.75 Å². The van der Waals surface area contributed by atoms with E-state index in [1.807, 2.05) is 0 Å². The Balaban J connectivity index is 1.19. The summed E-state index contributed by atoms with van der Waals surface area (Å²) in [6, 6.07) is 9.60. The minimum atomic E-state index is -0.302. The van der Waals surface area contributed by atoms with Crippen molar-refractivity contribution < 1.29 is 18.3 Å². The summed E-state index contributed by atoms with van der Waals surface area (Å²) in [6.45, 7) is 0.205. The lowest BCUT2D eigenvalue weighted by Gasteiger charge is -2.54. The van der Waals surface area contributed by atoms with E-state index in [-0.39, 0.29) is 18.3 Å². The van der Waals surface area contributed by atoms with Crippen molar-refractivity contribution in [3.63, 3.8) is 0 Å². The van der Waals surface area contributed by atoms with Crippen LogP contribution in [0.25, 0.3) is 0 Å². The number of ether oxygens (including phenoxy) is 1. The Labute approximate surface area is 158 Å². The predicted molar refractivity (Wildman–Crippen MR) is 97.7 cm³/mol. The average molecular weight is 369 g/mol. The van der Waals surface area contributed by atoms with Gasteiger partial charge in [-0.2, -0.15) is 0 Å². The van der Waals surface area contributed by atoms with Gasteiger partial charge in [0.2, 0.25) is 0 Å². The molecule has 142 valence electrons. The first-order chi connectivity index (χ1) is 13.1. The summed E-state index contributed by atoms with van der Waals surface area (Å²) in [5.41, 5.74) is 0. The number of carbonyl (C=O) groups excluding carboxylic acids is 1. The van der Waals surface area contributed by atoms with E-state index in [1.54, 1.807) is 24.3 Å². The second-order valence-electron chi connectivity index (χ2n) is 8.44. The zero-order chi connectivity index (χ0) is 18.4. The Bertz CT molecular complexity index is 800. The molecule has 2 aromatic rings. The molecule has 4 aliphatic rings. The number of hydrogen-bond acceptors (Lipinski definition) is 3. The molecule has 6 rings (SSSR count). The smallest absolute Gasteiger partial charge is 0.287 e. The third-order valence-corrected chi connectivity index (χ3v) is 6.60. The van der Waals surface area contributed by atoms with E-state index in [9.17, 15) is 9.18 Å². The zero-order valence-electron chi connectivity index (χ0n) is 15.2. The molecule has 1 aromatic carbocycles. The van der Waals surface area contributed by atoms with Gasteiger partial charge in [-0.1, -0.05) is 0 Å².